The number of halogens is 2. The van der Waals surface area contributed by atoms with E-state index in [1.54, 1.807) is 0 Å². The van der Waals surface area contributed by atoms with E-state index >= 15 is 0 Å². The van der Waals surface area contributed by atoms with E-state index < -0.39 is 38.9 Å². The maximum Gasteiger partial charge on any atom is 0.318 e. The second kappa shape index (κ2) is 4.57. The third-order valence-electron chi connectivity index (χ3n) is 2.27. The number of benzene rings is 1. The molecule has 102 valence electrons. The van der Waals surface area contributed by atoms with Crippen LogP contribution in [0.25, 0.3) is 11.0 Å². The largest absolute Gasteiger partial charge is 0.480 e. The van der Waals surface area contributed by atoms with Gasteiger partial charge in [-0.1, -0.05) is 0 Å². The monoisotopic (exact) mass is 290 g/mol. The lowest BCUT2D eigenvalue weighted by atomic mass is 10.3. The molecule has 0 saturated carbocycles. The Hall–Kier alpha value is -2.03. The second-order valence-corrected chi connectivity index (χ2v) is 5.96. The maximum atomic E-state index is 12.9. The molecule has 0 aliphatic rings. The van der Waals surface area contributed by atoms with Gasteiger partial charge in [0.1, 0.15) is 17.3 Å². The standard InChI is InChI=1S/C10H8F2N2O4S/c11-5-1-7-8(2-6(5)12)14-9(13-7)3-19(17,18)4-10(15)16/h1-2H,3-4H2,(H,13,14)(H,15,16). The van der Waals surface area contributed by atoms with Gasteiger partial charge in [-0.25, -0.2) is 22.2 Å². The molecule has 9 heteroatoms. The fourth-order valence-corrected chi connectivity index (χ4v) is 2.61. The Labute approximate surface area is 106 Å². The van der Waals surface area contributed by atoms with Gasteiger partial charge in [-0.05, 0) is 0 Å². The molecule has 0 bridgehead atoms. The number of nitrogens with one attached hydrogen (secondary N) is 1. The van der Waals surface area contributed by atoms with Crippen LogP contribution in [-0.2, 0) is 20.4 Å². The third-order valence-corrected chi connectivity index (χ3v) is 3.67. The Kier molecular flexibility index (Phi) is 3.23. The van der Waals surface area contributed by atoms with Crippen LogP contribution in [0.3, 0.4) is 0 Å². The zero-order chi connectivity index (χ0) is 14.2. The smallest absolute Gasteiger partial charge is 0.318 e. The molecule has 0 atom stereocenters. The molecule has 1 aromatic carbocycles. The van der Waals surface area contributed by atoms with Gasteiger partial charge < -0.3 is 10.1 Å². The van der Waals surface area contributed by atoms with Crippen molar-refractivity contribution in [3.05, 3.63) is 29.6 Å². The lowest BCUT2D eigenvalue weighted by Gasteiger charge is -1.97. The number of rotatable bonds is 4. The van der Waals surface area contributed by atoms with Crippen LogP contribution >= 0.6 is 0 Å². The normalized spacial score (nSPS) is 11.9. The first-order chi connectivity index (χ1) is 8.77. The van der Waals surface area contributed by atoms with E-state index in [-0.39, 0.29) is 16.9 Å². The van der Waals surface area contributed by atoms with Gasteiger partial charge in [0.05, 0.1) is 11.0 Å². The van der Waals surface area contributed by atoms with Crippen molar-refractivity contribution in [1.82, 2.24) is 9.97 Å². The number of hydrogen-bond donors (Lipinski definition) is 2. The molecule has 0 fully saturated rings. The Morgan fingerprint density at radius 2 is 1.95 bits per heavy atom. The van der Waals surface area contributed by atoms with E-state index in [0.29, 0.717) is 0 Å². The number of carboxylic acids is 1. The fourth-order valence-electron chi connectivity index (χ4n) is 1.57. The van der Waals surface area contributed by atoms with Crippen LogP contribution in [0.1, 0.15) is 5.82 Å². The lowest BCUT2D eigenvalue weighted by Crippen LogP contribution is -2.17. The first kappa shape index (κ1) is 13.4. The number of aromatic amines is 1. The van der Waals surface area contributed by atoms with Crippen LogP contribution in [0.5, 0.6) is 0 Å². The summed E-state index contributed by atoms with van der Waals surface area (Å²) < 4.78 is 48.8. The molecule has 0 unspecified atom stereocenters. The van der Waals surface area contributed by atoms with Gasteiger partial charge in [0.25, 0.3) is 0 Å². The molecule has 2 N–H and O–H groups in total. The van der Waals surface area contributed by atoms with Crippen LogP contribution in [0.4, 0.5) is 8.78 Å². The number of imidazole rings is 1. The summed E-state index contributed by atoms with van der Waals surface area (Å²) in [7, 11) is -3.88. The van der Waals surface area contributed by atoms with Crippen molar-refractivity contribution in [2.75, 3.05) is 5.75 Å². The average Bonchev–Trinajstić information content (AvgIpc) is 2.56. The Morgan fingerprint density at radius 3 is 2.58 bits per heavy atom. The van der Waals surface area contributed by atoms with E-state index in [1.165, 1.54) is 0 Å². The highest BCUT2D eigenvalue weighted by Crippen LogP contribution is 2.17. The SMILES string of the molecule is O=C(O)CS(=O)(=O)Cc1nc2cc(F)c(F)cc2[nH]1. The second-order valence-electron chi connectivity index (χ2n) is 3.89. The molecule has 0 spiro atoms. The molecule has 0 aliphatic carbocycles. The van der Waals surface area contributed by atoms with Crippen molar-refractivity contribution in [3.63, 3.8) is 0 Å². The van der Waals surface area contributed by atoms with Crippen molar-refractivity contribution in [3.8, 4) is 0 Å². The molecule has 19 heavy (non-hydrogen) atoms. The van der Waals surface area contributed by atoms with E-state index in [1.807, 2.05) is 0 Å². The molecule has 2 aromatic rings. The molecule has 2 rings (SSSR count). The average molecular weight is 290 g/mol. The number of carboxylic acid groups (broad SMARTS) is 1. The van der Waals surface area contributed by atoms with Crippen molar-refractivity contribution < 1.29 is 27.1 Å². The van der Waals surface area contributed by atoms with E-state index in [2.05, 4.69) is 9.97 Å². The third kappa shape index (κ3) is 3.05. The van der Waals surface area contributed by atoms with Gasteiger partial charge in [-0.3, -0.25) is 4.79 Å². The van der Waals surface area contributed by atoms with Crippen molar-refractivity contribution in [2.24, 2.45) is 0 Å². The summed E-state index contributed by atoms with van der Waals surface area (Å²) in [5.74, 6) is -5.41. The Bertz CT molecular complexity index is 715. The van der Waals surface area contributed by atoms with Crippen molar-refractivity contribution >= 4 is 26.8 Å². The number of sulfone groups is 1. The minimum absolute atomic E-state index is 0.0683. The number of H-pyrrole nitrogens is 1. The Balaban J connectivity index is 2.34. The van der Waals surface area contributed by atoms with Gasteiger partial charge in [-0.15, -0.1) is 0 Å². The number of aromatic nitrogens is 2. The van der Waals surface area contributed by atoms with Crippen molar-refractivity contribution in [2.45, 2.75) is 5.75 Å². The molecular formula is C10H8F2N2O4S. The van der Waals surface area contributed by atoms with Gasteiger partial charge in [0.2, 0.25) is 0 Å². The zero-order valence-electron chi connectivity index (χ0n) is 9.35. The minimum atomic E-state index is -3.88. The maximum absolute atomic E-state index is 12.9. The van der Waals surface area contributed by atoms with Gasteiger partial charge in [-0.2, -0.15) is 0 Å². The quantitative estimate of drug-likeness (QED) is 0.869. The van der Waals surface area contributed by atoms with Gasteiger partial charge in [0, 0.05) is 12.1 Å². The first-order valence-electron chi connectivity index (χ1n) is 5.03. The van der Waals surface area contributed by atoms with E-state index in [0.717, 1.165) is 12.1 Å². The highest BCUT2D eigenvalue weighted by Gasteiger charge is 2.19. The predicted octanol–water partition coefficient (Wildman–Crippen LogP) is 0.841. The summed E-state index contributed by atoms with van der Waals surface area (Å²) in [6.07, 6.45) is 0. The molecular weight excluding hydrogens is 282 g/mol. The highest BCUT2D eigenvalue weighted by molar-refractivity contribution is 7.91. The summed E-state index contributed by atoms with van der Waals surface area (Å²) in [4.78, 5) is 16.6. The predicted molar refractivity (Wildman–Crippen MR) is 61.1 cm³/mol. The highest BCUT2D eigenvalue weighted by atomic mass is 32.2. The number of fused-ring (bicyclic) bond motifs is 1. The summed E-state index contributed by atoms with van der Waals surface area (Å²) in [6.45, 7) is 0. The number of carbonyl (C=O) groups is 1. The van der Waals surface area contributed by atoms with Gasteiger partial charge in [0.15, 0.2) is 21.5 Å². The van der Waals surface area contributed by atoms with E-state index in [4.69, 9.17) is 5.11 Å². The molecule has 0 saturated heterocycles. The first-order valence-corrected chi connectivity index (χ1v) is 6.85. The topological polar surface area (TPSA) is 100 Å². The minimum Gasteiger partial charge on any atom is -0.480 e. The molecule has 0 radical (unpaired) electrons. The zero-order valence-corrected chi connectivity index (χ0v) is 10.2. The summed E-state index contributed by atoms with van der Waals surface area (Å²) in [5.41, 5.74) is 0.207. The number of aliphatic carboxylic acids is 1. The lowest BCUT2D eigenvalue weighted by molar-refractivity contribution is -0.134. The Morgan fingerprint density at radius 1 is 1.32 bits per heavy atom. The summed E-state index contributed by atoms with van der Waals surface area (Å²) >= 11 is 0. The van der Waals surface area contributed by atoms with Gasteiger partial charge >= 0.3 is 5.97 Å². The summed E-state index contributed by atoms with van der Waals surface area (Å²) in [5, 5.41) is 8.43. The van der Waals surface area contributed by atoms with Crippen LogP contribution in [0, 0.1) is 11.6 Å². The molecule has 1 heterocycles. The van der Waals surface area contributed by atoms with E-state index in [9.17, 15) is 22.0 Å². The van der Waals surface area contributed by atoms with Crippen LogP contribution in [0.15, 0.2) is 12.1 Å². The number of nitrogens with zero attached hydrogens (tertiary/aromatic N) is 1. The van der Waals surface area contributed by atoms with Crippen LogP contribution in [0.2, 0.25) is 0 Å². The number of hydrogen-bond acceptors (Lipinski definition) is 4. The van der Waals surface area contributed by atoms with Crippen molar-refractivity contribution in [1.29, 1.82) is 0 Å². The van der Waals surface area contributed by atoms with Crippen LogP contribution < -0.4 is 0 Å². The molecule has 1 aromatic heterocycles. The fraction of sp³-hybridized carbons (Fsp3) is 0.200. The molecule has 6 nitrogen and oxygen atoms in total. The van der Waals surface area contributed by atoms with Crippen LogP contribution in [-0.4, -0.2) is 35.2 Å². The summed E-state index contributed by atoms with van der Waals surface area (Å²) in [6, 6.07) is 1.68. The molecule has 0 aliphatic heterocycles. The molecule has 0 amide bonds.